The van der Waals surface area contributed by atoms with E-state index in [1.165, 1.54) is 43.8 Å². The van der Waals surface area contributed by atoms with Crippen molar-refractivity contribution < 1.29 is 9.16 Å². The molecule has 2 atom stereocenters. The zero-order valence-electron chi connectivity index (χ0n) is 18.9. The van der Waals surface area contributed by atoms with E-state index in [9.17, 15) is 0 Å². The maximum absolute atomic E-state index is 7.06. The summed E-state index contributed by atoms with van der Waals surface area (Å²) in [4.78, 5) is 0. The second kappa shape index (κ2) is 8.14. The molecule has 0 unspecified atom stereocenters. The first-order valence-corrected chi connectivity index (χ1v) is 12.7. The number of aryl methyl sites for hydroxylation is 6. The van der Waals surface area contributed by atoms with Crippen LogP contribution in [0.15, 0.2) is 24.3 Å². The van der Waals surface area contributed by atoms with Crippen LogP contribution in [0.2, 0.25) is 0 Å². The Hall–Kier alpha value is -1.42. The molecule has 28 heavy (non-hydrogen) atoms. The lowest BCUT2D eigenvalue weighted by Gasteiger charge is -2.47. The molecule has 1 aliphatic rings. The first kappa shape index (κ1) is 21.3. The summed E-state index contributed by atoms with van der Waals surface area (Å²) in [6.07, 6.45) is 2.17. The fourth-order valence-electron chi connectivity index (χ4n) is 5.41. The zero-order valence-corrected chi connectivity index (χ0v) is 19.9. The molecule has 3 rings (SSSR count). The van der Waals surface area contributed by atoms with Gasteiger partial charge in [-0.3, -0.25) is 0 Å². The molecule has 0 saturated carbocycles. The molecule has 0 bridgehead atoms. The van der Waals surface area contributed by atoms with Crippen LogP contribution in [0, 0.1) is 41.5 Å². The number of benzene rings is 2. The third-order valence-electron chi connectivity index (χ3n) is 6.23. The van der Waals surface area contributed by atoms with Crippen LogP contribution < -0.4 is 10.4 Å². The molecule has 2 aromatic rings. The van der Waals surface area contributed by atoms with E-state index in [0.717, 1.165) is 12.8 Å². The van der Waals surface area contributed by atoms with Crippen molar-refractivity contribution in [3.63, 3.8) is 0 Å². The second-order valence-corrected chi connectivity index (χ2v) is 12.1. The monoisotopic (exact) mass is 396 g/mol. The van der Waals surface area contributed by atoms with Crippen LogP contribution in [0.3, 0.4) is 0 Å². The van der Waals surface area contributed by atoms with Crippen molar-refractivity contribution >= 4 is 18.7 Å². The quantitative estimate of drug-likeness (QED) is 0.695. The maximum atomic E-state index is 7.06. The van der Waals surface area contributed by atoms with Gasteiger partial charge in [0.1, 0.15) is 0 Å². The predicted octanol–water partition coefficient (Wildman–Crippen LogP) is 4.74. The summed E-state index contributed by atoms with van der Waals surface area (Å²) in [6.45, 7) is 18.5. The van der Waals surface area contributed by atoms with Crippen LogP contribution in [-0.4, -0.2) is 26.8 Å². The molecule has 152 valence electrons. The molecule has 0 radical (unpaired) electrons. The van der Waals surface area contributed by atoms with Gasteiger partial charge in [0.15, 0.2) is 0 Å². The Morgan fingerprint density at radius 3 is 1.54 bits per heavy atom. The molecule has 2 nitrogen and oxygen atoms in total. The zero-order chi connectivity index (χ0) is 20.6. The van der Waals surface area contributed by atoms with Crippen LogP contribution in [0.25, 0.3) is 0 Å². The molecule has 1 heterocycles. The lowest BCUT2D eigenvalue weighted by Crippen LogP contribution is -2.74. The van der Waals surface area contributed by atoms with Crippen LogP contribution >= 0.6 is 0 Å². The Morgan fingerprint density at radius 2 is 1.18 bits per heavy atom. The van der Waals surface area contributed by atoms with Crippen LogP contribution in [0.4, 0.5) is 0 Å². The van der Waals surface area contributed by atoms with E-state index in [1.54, 1.807) is 0 Å². The van der Waals surface area contributed by atoms with Gasteiger partial charge in [0, 0.05) is 0 Å². The van der Waals surface area contributed by atoms with E-state index in [0.29, 0.717) is 6.61 Å². The Balaban J connectivity index is 2.37. The van der Waals surface area contributed by atoms with E-state index in [1.807, 2.05) is 0 Å². The van der Waals surface area contributed by atoms with Crippen LogP contribution in [0.1, 0.15) is 60.1 Å². The Labute approximate surface area is 172 Å². The van der Waals surface area contributed by atoms with Gasteiger partial charge in [-0.25, -0.2) is 0 Å². The van der Waals surface area contributed by atoms with E-state index >= 15 is 0 Å². The van der Waals surface area contributed by atoms with Crippen molar-refractivity contribution in [1.29, 1.82) is 0 Å². The summed E-state index contributed by atoms with van der Waals surface area (Å²) >= 11 is 0. The summed E-state index contributed by atoms with van der Waals surface area (Å²) < 4.78 is 13.8. The molecule has 0 aliphatic carbocycles. The summed E-state index contributed by atoms with van der Waals surface area (Å²) in [5.41, 5.74) is 8.15. The van der Waals surface area contributed by atoms with Gasteiger partial charge in [0.25, 0.3) is 8.32 Å². The topological polar surface area (TPSA) is 18.5 Å². The van der Waals surface area contributed by atoms with Gasteiger partial charge in [-0.2, -0.15) is 0 Å². The van der Waals surface area contributed by atoms with Gasteiger partial charge in [-0.1, -0.05) is 49.2 Å². The first-order valence-electron chi connectivity index (χ1n) is 10.7. The molecular formula is C25H36O2Si. The second-order valence-electron chi connectivity index (χ2n) is 8.66. The largest absolute Gasteiger partial charge is 0.403 e. The number of hydrogen-bond donors (Lipinski definition) is 0. The van der Waals surface area contributed by atoms with Gasteiger partial charge in [0.2, 0.25) is 0 Å². The Kier molecular flexibility index (Phi) is 6.19. The highest BCUT2D eigenvalue weighted by Gasteiger charge is 2.53. The highest BCUT2D eigenvalue weighted by atomic mass is 28.4. The third-order valence-corrected chi connectivity index (χ3v) is 11.4. The number of rotatable bonds is 4. The molecular weight excluding hydrogens is 360 g/mol. The average molecular weight is 397 g/mol. The molecule has 3 heteroatoms. The first-order chi connectivity index (χ1) is 13.2. The van der Waals surface area contributed by atoms with Crippen molar-refractivity contribution in [3.05, 3.63) is 57.6 Å². The van der Waals surface area contributed by atoms with Crippen molar-refractivity contribution in [3.8, 4) is 0 Å². The molecule has 2 aromatic carbocycles. The summed E-state index contributed by atoms with van der Waals surface area (Å²) in [5, 5.41) is 2.85. The van der Waals surface area contributed by atoms with Crippen LogP contribution in [0.5, 0.6) is 0 Å². The van der Waals surface area contributed by atoms with Gasteiger partial charge in [0.05, 0.1) is 18.4 Å². The standard InChI is InChI=1S/C25H36O2Si/c1-9-22-15-26-28(23(10-2)27-22,24-18(5)11-16(3)12-19(24)6)25-20(7)13-17(4)14-21(25)8/h11-14,22-23H,9-10,15H2,1-8H3/t22-,23-/m0/s1. The normalized spacial score (nSPS) is 21.7. The summed E-state index contributed by atoms with van der Waals surface area (Å²) in [5.74, 6) is 0. The number of ether oxygens (including phenoxy) is 1. The average Bonchev–Trinajstić information content (AvgIpc) is 2.60. The van der Waals surface area contributed by atoms with E-state index < -0.39 is 8.32 Å². The van der Waals surface area contributed by atoms with Gasteiger partial charge in [-0.15, -0.1) is 0 Å². The summed E-state index contributed by atoms with van der Waals surface area (Å²) in [6, 6.07) is 9.27. The molecule has 0 amide bonds. The molecule has 0 N–H and O–H groups in total. The van der Waals surface area contributed by atoms with E-state index in [-0.39, 0.29) is 11.8 Å². The summed E-state index contributed by atoms with van der Waals surface area (Å²) in [7, 11) is -2.57. The Morgan fingerprint density at radius 1 is 0.750 bits per heavy atom. The Bertz CT molecular complexity index is 767. The molecule has 0 spiro atoms. The lowest BCUT2D eigenvalue weighted by atomic mass is 10.1. The van der Waals surface area contributed by atoms with Gasteiger partial charge in [-0.05, 0) is 87.0 Å². The SMILES string of the molecule is CC[C@H]1CO[Si](c2c(C)cc(C)cc2C)(c2c(C)cc(C)cc2C)[C@@H](CC)O1. The fourth-order valence-corrected chi connectivity index (χ4v) is 10.8. The van der Waals surface area contributed by atoms with Gasteiger partial charge < -0.3 is 9.16 Å². The van der Waals surface area contributed by atoms with Crippen LogP contribution in [-0.2, 0) is 9.16 Å². The van der Waals surface area contributed by atoms with Crippen molar-refractivity contribution in [2.45, 2.75) is 80.1 Å². The molecule has 1 saturated heterocycles. The number of hydrogen-bond acceptors (Lipinski definition) is 2. The molecule has 1 fully saturated rings. The molecule has 1 aliphatic heterocycles. The van der Waals surface area contributed by atoms with Crippen molar-refractivity contribution in [2.24, 2.45) is 0 Å². The minimum atomic E-state index is -2.57. The van der Waals surface area contributed by atoms with Crippen molar-refractivity contribution in [1.82, 2.24) is 0 Å². The molecule has 0 aromatic heterocycles. The highest BCUT2D eigenvalue weighted by Crippen LogP contribution is 2.30. The maximum Gasteiger partial charge on any atom is 0.285 e. The highest BCUT2D eigenvalue weighted by molar-refractivity contribution is 6.99. The van der Waals surface area contributed by atoms with E-state index in [4.69, 9.17) is 9.16 Å². The smallest absolute Gasteiger partial charge is 0.285 e. The fraction of sp³-hybridized carbons (Fsp3) is 0.520. The lowest BCUT2D eigenvalue weighted by molar-refractivity contribution is -0.0448. The predicted molar refractivity (Wildman–Crippen MR) is 122 cm³/mol. The van der Waals surface area contributed by atoms with Gasteiger partial charge >= 0.3 is 0 Å². The van der Waals surface area contributed by atoms with E-state index in [2.05, 4.69) is 79.7 Å². The third kappa shape index (κ3) is 3.49. The van der Waals surface area contributed by atoms with Crippen molar-refractivity contribution in [2.75, 3.05) is 6.61 Å². The minimum absolute atomic E-state index is 0.131. The minimum Gasteiger partial charge on any atom is -0.403 e.